The molecule has 0 unspecified atom stereocenters. The Labute approximate surface area is 175 Å². The second-order valence-electron chi connectivity index (χ2n) is 5.87. The highest BCUT2D eigenvalue weighted by Crippen LogP contribution is 2.34. The summed E-state index contributed by atoms with van der Waals surface area (Å²) in [5.74, 6) is -0.808. The zero-order valence-corrected chi connectivity index (χ0v) is 16.5. The molecular formula is C18H14Cl2N6O3. The smallest absolute Gasteiger partial charge is 0.333 e. The van der Waals surface area contributed by atoms with E-state index in [2.05, 4.69) is 26.1 Å². The van der Waals surface area contributed by atoms with E-state index < -0.39 is 16.5 Å². The molecule has 0 atom stereocenters. The van der Waals surface area contributed by atoms with Gasteiger partial charge in [-0.25, -0.2) is 9.97 Å². The molecule has 0 fully saturated rings. The van der Waals surface area contributed by atoms with Gasteiger partial charge in [-0.05, 0) is 37.3 Å². The maximum Gasteiger partial charge on any atom is 0.355 e. The number of hydrazine groups is 1. The Hall–Kier alpha value is -3.43. The molecule has 11 heteroatoms. The van der Waals surface area contributed by atoms with Gasteiger partial charge >= 0.3 is 5.69 Å². The topological polar surface area (TPSA) is 122 Å². The van der Waals surface area contributed by atoms with E-state index in [9.17, 15) is 14.9 Å². The van der Waals surface area contributed by atoms with Crippen LogP contribution in [-0.4, -0.2) is 20.8 Å². The molecule has 0 spiro atoms. The first-order chi connectivity index (χ1) is 13.8. The van der Waals surface area contributed by atoms with Crippen molar-refractivity contribution in [1.29, 1.82) is 0 Å². The Morgan fingerprint density at radius 2 is 1.76 bits per heavy atom. The summed E-state index contributed by atoms with van der Waals surface area (Å²) < 4.78 is 0. The summed E-state index contributed by atoms with van der Waals surface area (Å²) in [6, 6.07) is 11.4. The molecule has 1 aromatic heterocycles. The lowest BCUT2D eigenvalue weighted by molar-refractivity contribution is -0.383. The van der Waals surface area contributed by atoms with Crippen LogP contribution in [0.2, 0.25) is 10.0 Å². The summed E-state index contributed by atoms with van der Waals surface area (Å²) >= 11 is 12.0. The van der Waals surface area contributed by atoms with Crippen LogP contribution in [0.3, 0.4) is 0 Å². The fourth-order valence-corrected chi connectivity index (χ4v) is 2.69. The molecule has 148 valence electrons. The Bertz CT molecular complexity index is 1080. The molecule has 9 nitrogen and oxygen atoms in total. The number of aromatic nitrogens is 2. The molecule has 3 aromatic rings. The van der Waals surface area contributed by atoms with Crippen LogP contribution in [0.5, 0.6) is 0 Å². The van der Waals surface area contributed by atoms with Crippen molar-refractivity contribution in [3.05, 3.63) is 80.1 Å². The minimum atomic E-state index is -0.679. The third-order valence-electron chi connectivity index (χ3n) is 3.79. The summed E-state index contributed by atoms with van der Waals surface area (Å²) in [7, 11) is 0. The van der Waals surface area contributed by atoms with Crippen LogP contribution in [0, 0.1) is 17.0 Å². The fourth-order valence-electron chi connectivity index (χ4n) is 2.35. The van der Waals surface area contributed by atoms with Crippen LogP contribution in [0.4, 0.5) is 23.0 Å². The van der Waals surface area contributed by atoms with Crippen molar-refractivity contribution in [3.8, 4) is 0 Å². The van der Waals surface area contributed by atoms with E-state index in [1.165, 1.54) is 6.07 Å². The second kappa shape index (κ2) is 8.72. The van der Waals surface area contributed by atoms with Gasteiger partial charge in [0, 0.05) is 10.6 Å². The quantitative estimate of drug-likeness (QED) is 0.386. The number of anilines is 3. The maximum absolute atomic E-state index is 12.2. The number of nitrogens with zero attached hydrogens (tertiary/aromatic N) is 3. The molecule has 0 saturated heterocycles. The van der Waals surface area contributed by atoms with Gasteiger partial charge in [0.15, 0.2) is 0 Å². The lowest BCUT2D eigenvalue weighted by Crippen LogP contribution is -2.30. The first-order valence-electron chi connectivity index (χ1n) is 8.19. The lowest BCUT2D eigenvalue weighted by Gasteiger charge is -2.12. The van der Waals surface area contributed by atoms with Gasteiger partial charge in [-0.3, -0.25) is 25.8 Å². The third-order valence-corrected chi connectivity index (χ3v) is 4.36. The van der Waals surface area contributed by atoms with E-state index in [0.29, 0.717) is 21.3 Å². The monoisotopic (exact) mass is 432 g/mol. The number of halogens is 2. The van der Waals surface area contributed by atoms with Crippen LogP contribution in [-0.2, 0) is 0 Å². The highest BCUT2D eigenvalue weighted by atomic mass is 35.5. The van der Waals surface area contributed by atoms with Crippen molar-refractivity contribution in [1.82, 2.24) is 15.4 Å². The zero-order valence-electron chi connectivity index (χ0n) is 14.9. The highest BCUT2D eigenvalue weighted by Gasteiger charge is 2.24. The van der Waals surface area contributed by atoms with Crippen molar-refractivity contribution >= 4 is 52.1 Å². The molecule has 3 N–H and O–H groups in total. The predicted molar refractivity (Wildman–Crippen MR) is 111 cm³/mol. The van der Waals surface area contributed by atoms with Crippen molar-refractivity contribution in [2.24, 2.45) is 0 Å². The first-order valence-corrected chi connectivity index (χ1v) is 8.95. The minimum Gasteiger partial charge on any atom is -0.333 e. The van der Waals surface area contributed by atoms with Gasteiger partial charge in [0.25, 0.3) is 5.91 Å². The van der Waals surface area contributed by atoms with E-state index in [1.807, 2.05) is 6.92 Å². The van der Waals surface area contributed by atoms with E-state index in [1.54, 1.807) is 36.4 Å². The molecule has 0 aliphatic rings. The fraction of sp³-hybridized carbons (Fsp3) is 0.0556. The molecule has 2 aromatic carbocycles. The summed E-state index contributed by atoms with van der Waals surface area (Å²) in [5.41, 5.74) is 6.08. The van der Waals surface area contributed by atoms with Gasteiger partial charge in [-0.15, -0.1) is 0 Å². The number of amides is 1. The number of nitro groups is 1. The van der Waals surface area contributed by atoms with E-state index in [-0.39, 0.29) is 11.6 Å². The zero-order chi connectivity index (χ0) is 21.0. The Kier molecular flexibility index (Phi) is 6.10. The van der Waals surface area contributed by atoms with Crippen molar-refractivity contribution < 1.29 is 9.72 Å². The third kappa shape index (κ3) is 4.89. The highest BCUT2D eigenvalue weighted by molar-refractivity contribution is 6.35. The largest absolute Gasteiger partial charge is 0.355 e. The number of rotatable bonds is 6. The van der Waals surface area contributed by atoms with Crippen LogP contribution in [0.25, 0.3) is 0 Å². The average molecular weight is 433 g/mol. The Morgan fingerprint density at radius 3 is 2.45 bits per heavy atom. The number of hydrogen-bond donors (Lipinski definition) is 3. The summed E-state index contributed by atoms with van der Waals surface area (Å²) in [6.07, 6.45) is 1.11. The van der Waals surface area contributed by atoms with E-state index in [0.717, 1.165) is 11.9 Å². The van der Waals surface area contributed by atoms with Gasteiger partial charge in [-0.2, -0.15) is 0 Å². The molecular weight excluding hydrogens is 419 g/mol. The molecule has 0 aliphatic heterocycles. The van der Waals surface area contributed by atoms with Gasteiger partial charge < -0.3 is 5.32 Å². The summed E-state index contributed by atoms with van der Waals surface area (Å²) in [6.45, 7) is 1.89. The number of aryl methyl sites for hydroxylation is 1. The normalized spacial score (nSPS) is 10.3. The van der Waals surface area contributed by atoms with Crippen molar-refractivity contribution in [3.63, 3.8) is 0 Å². The minimum absolute atomic E-state index is 0.124. The van der Waals surface area contributed by atoms with Gasteiger partial charge in [0.1, 0.15) is 6.33 Å². The number of nitrogens with one attached hydrogen (secondary N) is 3. The summed E-state index contributed by atoms with van der Waals surface area (Å²) in [4.78, 5) is 30.9. The number of benzene rings is 2. The predicted octanol–water partition coefficient (Wildman–Crippen LogP) is 4.50. The Morgan fingerprint density at radius 1 is 1.07 bits per heavy atom. The maximum atomic E-state index is 12.2. The van der Waals surface area contributed by atoms with E-state index in [4.69, 9.17) is 23.2 Å². The number of carbonyl (C=O) groups is 1. The lowest BCUT2D eigenvalue weighted by atomic mass is 10.1. The van der Waals surface area contributed by atoms with Crippen molar-refractivity contribution in [2.45, 2.75) is 6.92 Å². The first kappa shape index (κ1) is 20.3. The molecule has 29 heavy (non-hydrogen) atoms. The number of hydrogen-bond acceptors (Lipinski definition) is 7. The standard InChI is InChI=1S/C18H14Cl2N6O3/c1-10-2-4-11(5-3-10)18(27)25-24-17-15(26(28)29)16(21-9-22-17)23-14-8-12(19)6-7-13(14)20/h2-9H,1H3,(H,25,27)(H2,21,22,23,24). The second-order valence-corrected chi connectivity index (χ2v) is 6.71. The molecule has 1 heterocycles. The van der Waals surface area contributed by atoms with Crippen LogP contribution in [0.15, 0.2) is 48.8 Å². The molecule has 0 radical (unpaired) electrons. The average Bonchev–Trinajstić information content (AvgIpc) is 2.69. The van der Waals surface area contributed by atoms with Gasteiger partial charge in [0.2, 0.25) is 11.6 Å². The molecule has 0 aliphatic carbocycles. The number of carbonyl (C=O) groups excluding carboxylic acids is 1. The van der Waals surface area contributed by atoms with Crippen molar-refractivity contribution in [2.75, 3.05) is 10.7 Å². The van der Waals surface area contributed by atoms with E-state index >= 15 is 0 Å². The van der Waals surface area contributed by atoms with Gasteiger partial charge in [0.05, 0.1) is 15.6 Å². The molecule has 3 rings (SSSR count). The molecule has 0 saturated carbocycles. The summed E-state index contributed by atoms with van der Waals surface area (Å²) in [5, 5.41) is 15.1. The SMILES string of the molecule is Cc1ccc(C(=O)NNc2ncnc(Nc3cc(Cl)ccc3Cl)c2[N+](=O)[O-])cc1. The molecule has 1 amide bonds. The van der Waals surface area contributed by atoms with Crippen LogP contribution in [0.1, 0.15) is 15.9 Å². The molecule has 0 bridgehead atoms. The Balaban J connectivity index is 1.85. The van der Waals surface area contributed by atoms with Crippen LogP contribution >= 0.6 is 23.2 Å². The van der Waals surface area contributed by atoms with Crippen LogP contribution < -0.4 is 16.2 Å². The van der Waals surface area contributed by atoms with Gasteiger partial charge in [-0.1, -0.05) is 40.9 Å².